The van der Waals surface area contributed by atoms with Gasteiger partial charge in [-0.3, -0.25) is 0 Å². The summed E-state index contributed by atoms with van der Waals surface area (Å²) in [5.74, 6) is 0.720. The molecule has 0 radical (unpaired) electrons. The summed E-state index contributed by atoms with van der Waals surface area (Å²) < 4.78 is 0. The second-order valence-corrected chi connectivity index (χ2v) is 4.94. The zero-order valence-corrected chi connectivity index (χ0v) is 11.6. The molecule has 0 amide bonds. The highest BCUT2D eigenvalue weighted by Crippen LogP contribution is 2.23. The Morgan fingerprint density at radius 2 is 2.11 bits per heavy atom. The predicted octanol–water partition coefficient (Wildman–Crippen LogP) is 2.57. The maximum Gasteiger partial charge on any atom is 0.172 e. The van der Waals surface area contributed by atoms with Crippen LogP contribution in [0.4, 0.5) is 5.69 Å². The van der Waals surface area contributed by atoms with Gasteiger partial charge in [-0.15, -0.1) is 0 Å². The van der Waals surface area contributed by atoms with Gasteiger partial charge in [-0.1, -0.05) is 25.1 Å². The molecule has 1 aromatic carbocycles. The lowest BCUT2D eigenvalue weighted by molar-refractivity contribution is 0.318. The summed E-state index contributed by atoms with van der Waals surface area (Å²) in [7, 11) is 0. The van der Waals surface area contributed by atoms with Gasteiger partial charge in [0.1, 0.15) is 0 Å². The summed E-state index contributed by atoms with van der Waals surface area (Å²) in [6.07, 6.45) is 0. The first-order chi connectivity index (χ1) is 8.49. The summed E-state index contributed by atoms with van der Waals surface area (Å²) in [5, 5.41) is 12.0. The van der Waals surface area contributed by atoms with Gasteiger partial charge in [0.15, 0.2) is 5.84 Å². The first-order valence-electron chi connectivity index (χ1n) is 6.33. The maximum atomic E-state index is 8.86. The Bertz CT molecular complexity index is 427. The van der Waals surface area contributed by atoms with Crippen molar-refractivity contribution in [2.75, 3.05) is 18.0 Å². The molecular weight excluding hydrogens is 226 g/mol. The first-order valence-corrected chi connectivity index (χ1v) is 6.33. The molecule has 0 spiro atoms. The quantitative estimate of drug-likeness (QED) is 0.365. The zero-order valence-electron chi connectivity index (χ0n) is 11.6. The minimum atomic E-state index is 0.159. The highest BCUT2D eigenvalue weighted by atomic mass is 16.4. The lowest BCUT2D eigenvalue weighted by atomic mass is 10.1. The van der Waals surface area contributed by atoms with Crippen LogP contribution >= 0.6 is 0 Å². The molecule has 18 heavy (non-hydrogen) atoms. The SMILES string of the molecule is CCN(CC(C)C)c1cc(C)ccc1/C(N)=N/O. The average molecular weight is 249 g/mol. The Balaban J connectivity index is 3.22. The van der Waals surface area contributed by atoms with Crippen molar-refractivity contribution in [2.45, 2.75) is 27.7 Å². The van der Waals surface area contributed by atoms with E-state index in [2.05, 4.69) is 36.9 Å². The third-order valence-corrected chi connectivity index (χ3v) is 2.84. The number of rotatable bonds is 5. The number of aryl methyl sites for hydroxylation is 1. The number of hydrogen-bond donors (Lipinski definition) is 2. The summed E-state index contributed by atoms with van der Waals surface area (Å²) in [6, 6.07) is 5.96. The number of oxime groups is 1. The molecule has 100 valence electrons. The second kappa shape index (κ2) is 6.28. The van der Waals surface area contributed by atoms with Gasteiger partial charge in [0.2, 0.25) is 0 Å². The molecule has 0 saturated carbocycles. The molecule has 1 aromatic rings. The molecule has 0 heterocycles. The van der Waals surface area contributed by atoms with Crippen molar-refractivity contribution in [3.05, 3.63) is 29.3 Å². The first kappa shape index (κ1) is 14.4. The lowest BCUT2D eigenvalue weighted by Crippen LogP contribution is -2.30. The van der Waals surface area contributed by atoms with Crippen LogP contribution < -0.4 is 10.6 Å². The Kier molecular flexibility index (Phi) is 5.01. The van der Waals surface area contributed by atoms with Gasteiger partial charge in [-0.05, 0) is 37.5 Å². The Morgan fingerprint density at radius 1 is 1.44 bits per heavy atom. The van der Waals surface area contributed by atoms with Gasteiger partial charge in [0.05, 0.1) is 0 Å². The molecule has 0 aliphatic heterocycles. The highest BCUT2D eigenvalue weighted by Gasteiger charge is 2.14. The number of hydrogen-bond acceptors (Lipinski definition) is 3. The molecule has 0 bridgehead atoms. The van der Waals surface area contributed by atoms with E-state index in [1.807, 2.05) is 19.1 Å². The maximum absolute atomic E-state index is 8.86. The molecule has 4 nitrogen and oxygen atoms in total. The highest BCUT2D eigenvalue weighted by molar-refractivity contribution is 6.02. The minimum absolute atomic E-state index is 0.159. The number of nitrogens with zero attached hydrogens (tertiary/aromatic N) is 2. The molecule has 0 aliphatic rings. The van der Waals surface area contributed by atoms with Crippen molar-refractivity contribution in [1.29, 1.82) is 0 Å². The molecule has 4 heteroatoms. The van der Waals surface area contributed by atoms with E-state index in [0.29, 0.717) is 5.92 Å². The van der Waals surface area contributed by atoms with Crippen LogP contribution in [-0.2, 0) is 0 Å². The molecule has 0 atom stereocenters. The number of nitrogens with two attached hydrogens (primary N) is 1. The van der Waals surface area contributed by atoms with Gasteiger partial charge in [-0.25, -0.2) is 0 Å². The fraction of sp³-hybridized carbons (Fsp3) is 0.500. The Hall–Kier alpha value is -1.71. The minimum Gasteiger partial charge on any atom is -0.409 e. The third kappa shape index (κ3) is 3.39. The van der Waals surface area contributed by atoms with E-state index in [4.69, 9.17) is 10.9 Å². The van der Waals surface area contributed by atoms with E-state index < -0.39 is 0 Å². The van der Waals surface area contributed by atoms with Crippen LogP contribution in [0.5, 0.6) is 0 Å². The topological polar surface area (TPSA) is 61.8 Å². The van der Waals surface area contributed by atoms with Crippen molar-refractivity contribution in [2.24, 2.45) is 16.8 Å². The number of amidine groups is 1. The van der Waals surface area contributed by atoms with Gasteiger partial charge in [-0.2, -0.15) is 0 Å². The van der Waals surface area contributed by atoms with Crippen molar-refractivity contribution in [3.8, 4) is 0 Å². The van der Waals surface area contributed by atoms with Crippen LogP contribution in [0.1, 0.15) is 31.9 Å². The van der Waals surface area contributed by atoms with E-state index >= 15 is 0 Å². The third-order valence-electron chi connectivity index (χ3n) is 2.84. The Labute approximate surface area is 109 Å². The van der Waals surface area contributed by atoms with E-state index in [9.17, 15) is 0 Å². The van der Waals surface area contributed by atoms with Crippen LogP contribution in [0.15, 0.2) is 23.4 Å². The molecule has 1 rings (SSSR count). The van der Waals surface area contributed by atoms with Crippen LogP contribution in [0.3, 0.4) is 0 Å². The van der Waals surface area contributed by atoms with Crippen LogP contribution in [0, 0.1) is 12.8 Å². The Morgan fingerprint density at radius 3 is 2.61 bits per heavy atom. The van der Waals surface area contributed by atoms with Crippen molar-refractivity contribution in [3.63, 3.8) is 0 Å². The fourth-order valence-corrected chi connectivity index (χ4v) is 2.01. The van der Waals surface area contributed by atoms with Gasteiger partial charge in [0.25, 0.3) is 0 Å². The van der Waals surface area contributed by atoms with Gasteiger partial charge >= 0.3 is 0 Å². The number of benzene rings is 1. The monoisotopic (exact) mass is 249 g/mol. The largest absolute Gasteiger partial charge is 0.409 e. The van der Waals surface area contributed by atoms with E-state index in [-0.39, 0.29) is 5.84 Å². The van der Waals surface area contributed by atoms with E-state index in [1.165, 1.54) is 5.56 Å². The molecule has 3 N–H and O–H groups in total. The van der Waals surface area contributed by atoms with Crippen molar-refractivity contribution >= 4 is 11.5 Å². The van der Waals surface area contributed by atoms with Gasteiger partial charge < -0.3 is 15.8 Å². The summed E-state index contributed by atoms with van der Waals surface area (Å²) in [4.78, 5) is 2.26. The average Bonchev–Trinajstić information content (AvgIpc) is 2.34. The molecule has 0 aliphatic carbocycles. The second-order valence-electron chi connectivity index (χ2n) is 4.94. The molecular formula is C14H23N3O. The van der Waals surface area contributed by atoms with Crippen LogP contribution in [0.25, 0.3) is 0 Å². The van der Waals surface area contributed by atoms with Gasteiger partial charge in [0, 0.05) is 24.3 Å². The smallest absolute Gasteiger partial charge is 0.172 e. The molecule has 0 unspecified atom stereocenters. The summed E-state index contributed by atoms with van der Waals surface area (Å²) in [6.45, 7) is 10.4. The van der Waals surface area contributed by atoms with E-state index in [0.717, 1.165) is 24.3 Å². The summed E-state index contributed by atoms with van der Waals surface area (Å²) >= 11 is 0. The van der Waals surface area contributed by atoms with Crippen molar-refractivity contribution in [1.82, 2.24) is 0 Å². The lowest BCUT2D eigenvalue weighted by Gasteiger charge is -2.27. The molecule has 0 aromatic heterocycles. The fourth-order valence-electron chi connectivity index (χ4n) is 2.01. The molecule has 0 fully saturated rings. The summed E-state index contributed by atoms with van der Waals surface area (Å²) in [5.41, 5.74) is 8.72. The normalized spacial score (nSPS) is 11.9. The van der Waals surface area contributed by atoms with Crippen molar-refractivity contribution < 1.29 is 5.21 Å². The molecule has 0 saturated heterocycles. The van der Waals surface area contributed by atoms with E-state index in [1.54, 1.807) is 0 Å². The van der Waals surface area contributed by atoms with Crippen LogP contribution in [0.2, 0.25) is 0 Å². The standard InChI is InChI=1S/C14H23N3O/c1-5-17(9-10(2)3)13-8-11(4)6-7-12(13)14(15)16-18/h6-8,10,18H,5,9H2,1-4H3,(H2,15,16). The number of anilines is 1. The zero-order chi connectivity index (χ0) is 13.7. The predicted molar refractivity (Wildman–Crippen MR) is 76.4 cm³/mol. The van der Waals surface area contributed by atoms with Crippen LogP contribution in [-0.4, -0.2) is 24.1 Å².